The number of ether oxygens (including phenoxy) is 1. The highest BCUT2D eigenvalue weighted by Gasteiger charge is 2.30. The smallest absolute Gasteiger partial charge is 0.337 e. The van der Waals surface area contributed by atoms with Gasteiger partial charge in [0.05, 0.1) is 17.4 Å². The average molecular weight is 340 g/mol. The second-order valence-corrected chi connectivity index (χ2v) is 6.10. The van der Waals surface area contributed by atoms with Gasteiger partial charge in [-0.05, 0) is 31.0 Å². The molecule has 6 nitrogen and oxygen atoms in total. The van der Waals surface area contributed by atoms with Crippen LogP contribution in [0.5, 0.6) is 0 Å². The first-order valence-electron chi connectivity index (χ1n) is 8.22. The maximum absolute atomic E-state index is 12.3. The fraction of sp³-hybridized carbons (Fsp3) is 0.316. The van der Waals surface area contributed by atoms with Gasteiger partial charge in [0.15, 0.2) is 0 Å². The molecular weight excluding hydrogens is 320 g/mol. The SMILES string of the molecule is Cc1nc(C(=O)NC[C@@H]2CCO[C@H]2c2ccccc2)ccc1C(=O)O. The molecule has 1 saturated heterocycles. The number of aromatic nitrogens is 1. The summed E-state index contributed by atoms with van der Waals surface area (Å²) in [6, 6.07) is 12.8. The van der Waals surface area contributed by atoms with E-state index in [1.807, 2.05) is 30.3 Å². The van der Waals surface area contributed by atoms with Crippen LogP contribution in [-0.2, 0) is 4.74 Å². The largest absolute Gasteiger partial charge is 0.478 e. The number of aromatic carboxylic acids is 1. The maximum Gasteiger partial charge on any atom is 0.337 e. The van der Waals surface area contributed by atoms with Crippen LogP contribution in [0.3, 0.4) is 0 Å². The van der Waals surface area contributed by atoms with Gasteiger partial charge in [0.1, 0.15) is 5.69 Å². The zero-order valence-corrected chi connectivity index (χ0v) is 13.9. The molecule has 3 rings (SSSR count). The van der Waals surface area contributed by atoms with Crippen LogP contribution in [0.15, 0.2) is 42.5 Å². The molecule has 2 heterocycles. The van der Waals surface area contributed by atoms with Crippen molar-refractivity contribution in [2.24, 2.45) is 5.92 Å². The van der Waals surface area contributed by atoms with E-state index in [1.165, 1.54) is 12.1 Å². The molecule has 1 fully saturated rings. The number of nitrogens with zero attached hydrogens (tertiary/aromatic N) is 1. The lowest BCUT2D eigenvalue weighted by Crippen LogP contribution is -2.31. The van der Waals surface area contributed by atoms with Gasteiger partial charge in [-0.15, -0.1) is 0 Å². The van der Waals surface area contributed by atoms with Crippen molar-refractivity contribution < 1.29 is 19.4 Å². The monoisotopic (exact) mass is 340 g/mol. The summed E-state index contributed by atoms with van der Waals surface area (Å²) in [7, 11) is 0. The Morgan fingerprint density at radius 1 is 1.24 bits per heavy atom. The van der Waals surface area contributed by atoms with Crippen LogP contribution in [0.1, 0.15) is 44.6 Å². The lowest BCUT2D eigenvalue weighted by Gasteiger charge is -2.19. The van der Waals surface area contributed by atoms with E-state index in [2.05, 4.69) is 10.3 Å². The van der Waals surface area contributed by atoms with Crippen LogP contribution in [0, 0.1) is 12.8 Å². The van der Waals surface area contributed by atoms with Crippen molar-refractivity contribution >= 4 is 11.9 Å². The second-order valence-electron chi connectivity index (χ2n) is 6.10. The molecule has 0 radical (unpaired) electrons. The Kier molecular flexibility index (Phi) is 5.09. The third-order valence-corrected chi connectivity index (χ3v) is 4.42. The predicted molar refractivity (Wildman–Crippen MR) is 91.5 cm³/mol. The van der Waals surface area contributed by atoms with Gasteiger partial charge in [-0.3, -0.25) is 4.79 Å². The first-order chi connectivity index (χ1) is 12.1. The van der Waals surface area contributed by atoms with E-state index < -0.39 is 5.97 Å². The first kappa shape index (κ1) is 17.1. The highest BCUT2D eigenvalue weighted by molar-refractivity contribution is 5.94. The van der Waals surface area contributed by atoms with Crippen molar-refractivity contribution in [2.75, 3.05) is 13.2 Å². The van der Waals surface area contributed by atoms with Gasteiger partial charge in [-0.25, -0.2) is 9.78 Å². The van der Waals surface area contributed by atoms with E-state index in [9.17, 15) is 9.59 Å². The van der Waals surface area contributed by atoms with Crippen molar-refractivity contribution in [3.05, 3.63) is 65.0 Å². The number of hydrogen-bond donors (Lipinski definition) is 2. The predicted octanol–water partition coefficient (Wildman–Crippen LogP) is 2.60. The fourth-order valence-corrected chi connectivity index (χ4v) is 3.08. The molecule has 0 aliphatic carbocycles. The Labute approximate surface area is 145 Å². The summed E-state index contributed by atoms with van der Waals surface area (Å²) in [5, 5.41) is 11.9. The van der Waals surface area contributed by atoms with E-state index in [0.717, 1.165) is 12.0 Å². The van der Waals surface area contributed by atoms with Gasteiger partial charge < -0.3 is 15.2 Å². The second kappa shape index (κ2) is 7.44. The van der Waals surface area contributed by atoms with Crippen LogP contribution in [-0.4, -0.2) is 35.1 Å². The summed E-state index contributed by atoms with van der Waals surface area (Å²) in [6.45, 7) is 2.74. The molecule has 0 saturated carbocycles. The lowest BCUT2D eigenvalue weighted by atomic mass is 9.95. The molecule has 0 unspecified atom stereocenters. The number of pyridine rings is 1. The molecule has 1 aliphatic heterocycles. The topological polar surface area (TPSA) is 88.5 Å². The number of amides is 1. The first-order valence-corrected chi connectivity index (χ1v) is 8.22. The zero-order chi connectivity index (χ0) is 17.8. The Balaban J connectivity index is 1.64. The van der Waals surface area contributed by atoms with Gasteiger partial charge in [-0.2, -0.15) is 0 Å². The van der Waals surface area contributed by atoms with E-state index in [0.29, 0.717) is 18.8 Å². The third-order valence-electron chi connectivity index (χ3n) is 4.42. The Bertz CT molecular complexity index is 776. The number of carboxylic acids is 1. The molecule has 0 bridgehead atoms. The number of carboxylic acid groups (broad SMARTS) is 1. The Morgan fingerprint density at radius 3 is 2.68 bits per heavy atom. The summed E-state index contributed by atoms with van der Waals surface area (Å²) in [4.78, 5) is 27.4. The number of carbonyl (C=O) groups excluding carboxylic acids is 1. The van der Waals surface area contributed by atoms with Gasteiger partial charge in [0.25, 0.3) is 5.91 Å². The molecule has 2 N–H and O–H groups in total. The minimum atomic E-state index is -1.05. The van der Waals surface area contributed by atoms with E-state index in [4.69, 9.17) is 9.84 Å². The molecule has 1 aromatic carbocycles. The molecule has 25 heavy (non-hydrogen) atoms. The number of carbonyl (C=O) groups is 2. The third kappa shape index (κ3) is 3.85. The molecular formula is C19H20N2O4. The van der Waals surface area contributed by atoms with Crippen LogP contribution in [0.4, 0.5) is 0 Å². The average Bonchev–Trinajstić information content (AvgIpc) is 3.08. The van der Waals surface area contributed by atoms with Crippen molar-refractivity contribution in [3.8, 4) is 0 Å². The zero-order valence-electron chi connectivity index (χ0n) is 13.9. The highest BCUT2D eigenvalue weighted by Crippen LogP contribution is 2.33. The summed E-state index contributed by atoms with van der Waals surface area (Å²) in [5.41, 5.74) is 1.76. The number of hydrogen-bond acceptors (Lipinski definition) is 4. The molecule has 1 aromatic heterocycles. The Morgan fingerprint density at radius 2 is 2.00 bits per heavy atom. The number of rotatable bonds is 5. The molecule has 1 amide bonds. The molecule has 130 valence electrons. The summed E-state index contributed by atoms with van der Waals surface area (Å²) in [6.07, 6.45) is 0.857. The van der Waals surface area contributed by atoms with E-state index in [-0.39, 0.29) is 29.2 Å². The lowest BCUT2D eigenvalue weighted by molar-refractivity contribution is 0.0694. The molecule has 1 aliphatic rings. The molecule has 2 atom stereocenters. The van der Waals surface area contributed by atoms with Crippen LogP contribution < -0.4 is 5.32 Å². The summed E-state index contributed by atoms with van der Waals surface area (Å²) < 4.78 is 5.82. The van der Waals surface area contributed by atoms with Crippen LogP contribution in [0.2, 0.25) is 0 Å². The number of aryl methyl sites for hydroxylation is 1. The normalized spacial score (nSPS) is 19.6. The highest BCUT2D eigenvalue weighted by atomic mass is 16.5. The molecule has 0 spiro atoms. The van der Waals surface area contributed by atoms with Crippen molar-refractivity contribution in [2.45, 2.75) is 19.4 Å². The molecule has 6 heteroatoms. The maximum atomic E-state index is 12.3. The number of benzene rings is 1. The van der Waals surface area contributed by atoms with Gasteiger partial charge in [0.2, 0.25) is 0 Å². The minimum Gasteiger partial charge on any atom is -0.478 e. The molecule has 2 aromatic rings. The van der Waals surface area contributed by atoms with E-state index in [1.54, 1.807) is 6.92 Å². The summed E-state index contributed by atoms with van der Waals surface area (Å²) >= 11 is 0. The Hall–Kier alpha value is -2.73. The minimum absolute atomic E-state index is 0.0226. The van der Waals surface area contributed by atoms with E-state index >= 15 is 0 Å². The van der Waals surface area contributed by atoms with Gasteiger partial charge in [0, 0.05) is 19.1 Å². The fourth-order valence-electron chi connectivity index (χ4n) is 3.08. The standard InChI is InChI=1S/C19H20N2O4/c1-12-15(19(23)24)7-8-16(21-12)18(22)20-11-14-9-10-25-17(14)13-5-3-2-4-6-13/h2-8,14,17H,9-11H2,1H3,(H,20,22)(H,23,24)/t14-,17-/m0/s1. The summed E-state index contributed by atoms with van der Waals surface area (Å²) in [5.74, 6) is -1.16. The van der Waals surface area contributed by atoms with Crippen LogP contribution in [0.25, 0.3) is 0 Å². The van der Waals surface area contributed by atoms with Gasteiger partial charge in [-0.1, -0.05) is 30.3 Å². The van der Waals surface area contributed by atoms with Crippen molar-refractivity contribution in [1.29, 1.82) is 0 Å². The quantitative estimate of drug-likeness (QED) is 0.873. The van der Waals surface area contributed by atoms with Gasteiger partial charge >= 0.3 is 5.97 Å². The van der Waals surface area contributed by atoms with Crippen molar-refractivity contribution in [1.82, 2.24) is 10.3 Å². The van der Waals surface area contributed by atoms with Crippen molar-refractivity contribution in [3.63, 3.8) is 0 Å². The number of nitrogens with one attached hydrogen (secondary N) is 1. The van der Waals surface area contributed by atoms with Crippen LogP contribution >= 0.6 is 0 Å².